The number of benzene rings is 1. The predicted octanol–water partition coefficient (Wildman–Crippen LogP) is 5.74. The summed E-state index contributed by atoms with van der Waals surface area (Å²) in [5.74, 6) is 1.34. The monoisotopic (exact) mass is 383 g/mol. The van der Waals surface area contributed by atoms with Gasteiger partial charge in [-0.25, -0.2) is 4.98 Å². The molecule has 0 amide bonds. The van der Waals surface area contributed by atoms with E-state index in [9.17, 15) is 0 Å². The van der Waals surface area contributed by atoms with E-state index in [1.54, 1.807) is 0 Å². The Morgan fingerprint density at radius 3 is 2.62 bits per heavy atom. The lowest BCUT2D eigenvalue weighted by Gasteiger charge is -2.16. The van der Waals surface area contributed by atoms with Gasteiger partial charge in [0.15, 0.2) is 0 Å². The van der Waals surface area contributed by atoms with E-state index in [1.165, 1.54) is 16.7 Å². The van der Waals surface area contributed by atoms with Crippen LogP contribution in [-0.2, 0) is 6.54 Å². The maximum atomic E-state index is 4.84. The van der Waals surface area contributed by atoms with Gasteiger partial charge in [-0.2, -0.15) is 0 Å². The van der Waals surface area contributed by atoms with Gasteiger partial charge >= 0.3 is 0 Å². The number of hydrogen-bond donors (Lipinski definition) is 1. The Kier molecular flexibility index (Phi) is 4.86. The largest absolute Gasteiger partial charge is 0.364 e. The highest BCUT2D eigenvalue weighted by Gasteiger charge is 2.11. The first kappa shape index (κ1) is 16.9. The molecule has 0 atom stereocenters. The Balaban J connectivity index is 1.95. The number of pyridine rings is 2. The molecule has 1 aromatic carbocycles. The number of aryl methyl sites for hydroxylation is 2. The molecule has 3 nitrogen and oxygen atoms in total. The second-order valence-electron chi connectivity index (χ2n) is 6.55. The third-order valence-corrected chi connectivity index (χ3v) is 4.67. The van der Waals surface area contributed by atoms with E-state index in [2.05, 4.69) is 72.1 Å². The van der Waals surface area contributed by atoms with Crippen LogP contribution >= 0.6 is 15.9 Å². The minimum absolute atomic E-state index is 0.399. The molecule has 2 heterocycles. The van der Waals surface area contributed by atoms with E-state index in [-0.39, 0.29) is 0 Å². The summed E-state index contributed by atoms with van der Waals surface area (Å²) >= 11 is 3.54. The minimum atomic E-state index is 0.399. The fraction of sp³-hybridized carbons (Fsp3) is 0.300. The van der Waals surface area contributed by atoms with E-state index in [0.29, 0.717) is 12.5 Å². The predicted molar refractivity (Wildman–Crippen MR) is 105 cm³/mol. The molecule has 124 valence electrons. The second kappa shape index (κ2) is 6.89. The third-order valence-electron chi connectivity index (χ3n) is 4.17. The van der Waals surface area contributed by atoms with Crippen molar-refractivity contribution in [2.45, 2.75) is 40.2 Å². The number of nitrogens with zero attached hydrogens (tertiary/aromatic N) is 2. The zero-order chi connectivity index (χ0) is 17.3. The summed E-state index contributed by atoms with van der Waals surface area (Å²) in [4.78, 5) is 9.38. The molecule has 0 saturated carbocycles. The topological polar surface area (TPSA) is 37.8 Å². The molecule has 24 heavy (non-hydrogen) atoms. The zero-order valence-electron chi connectivity index (χ0n) is 14.5. The number of halogens is 1. The summed E-state index contributed by atoms with van der Waals surface area (Å²) in [6.07, 6.45) is 1.92. The van der Waals surface area contributed by atoms with Gasteiger partial charge in [0.2, 0.25) is 0 Å². The van der Waals surface area contributed by atoms with Gasteiger partial charge in [-0.3, -0.25) is 4.98 Å². The van der Waals surface area contributed by atoms with E-state index in [4.69, 9.17) is 4.98 Å². The first-order chi connectivity index (χ1) is 11.4. The summed E-state index contributed by atoms with van der Waals surface area (Å²) in [5.41, 5.74) is 5.68. The van der Waals surface area contributed by atoms with Crippen LogP contribution in [0.25, 0.3) is 10.9 Å². The molecule has 3 aromatic rings. The summed E-state index contributed by atoms with van der Waals surface area (Å²) in [5, 5.41) is 4.65. The Bertz CT molecular complexity index is 887. The smallest absolute Gasteiger partial charge is 0.130 e. The molecular weight excluding hydrogens is 362 g/mol. The van der Waals surface area contributed by atoms with Crippen molar-refractivity contribution in [3.63, 3.8) is 0 Å². The van der Waals surface area contributed by atoms with Crippen LogP contribution in [0.2, 0.25) is 0 Å². The van der Waals surface area contributed by atoms with Crippen molar-refractivity contribution in [2.24, 2.45) is 0 Å². The number of hydrogen-bond acceptors (Lipinski definition) is 3. The molecule has 1 N–H and O–H groups in total. The minimum Gasteiger partial charge on any atom is -0.364 e. The molecule has 0 unspecified atom stereocenters. The van der Waals surface area contributed by atoms with Gasteiger partial charge in [-0.15, -0.1) is 0 Å². The standard InChI is InChI=1S/C20H22BrN3/c1-12(2)17-9-15-8-16(21)5-6-18(15)24-20(17)23-11-19-14(4)7-13(3)10-22-19/h5-10,12H,11H2,1-4H3,(H,23,24). The third kappa shape index (κ3) is 3.59. The highest BCUT2D eigenvalue weighted by molar-refractivity contribution is 9.10. The van der Waals surface area contributed by atoms with Crippen molar-refractivity contribution in [2.75, 3.05) is 5.32 Å². The normalized spacial score (nSPS) is 11.2. The van der Waals surface area contributed by atoms with Crippen LogP contribution < -0.4 is 5.32 Å². The maximum Gasteiger partial charge on any atom is 0.130 e. The molecular formula is C20H22BrN3. The fourth-order valence-corrected chi connectivity index (χ4v) is 3.22. The Morgan fingerprint density at radius 2 is 1.92 bits per heavy atom. The SMILES string of the molecule is Cc1cnc(CNc2nc3ccc(Br)cc3cc2C(C)C)c(C)c1. The highest BCUT2D eigenvalue weighted by atomic mass is 79.9. The van der Waals surface area contributed by atoms with E-state index >= 15 is 0 Å². The Labute approximate surface area is 151 Å². The van der Waals surface area contributed by atoms with Gasteiger partial charge in [0, 0.05) is 16.1 Å². The molecule has 2 aromatic heterocycles. The molecule has 0 aliphatic rings. The van der Waals surface area contributed by atoms with E-state index < -0.39 is 0 Å². The van der Waals surface area contributed by atoms with Crippen LogP contribution in [-0.4, -0.2) is 9.97 Å². The number of rotatable bonds is 4. The van der Waals surface area contributed by atoms with Crippen molar-refractivity contribution in [1.29, 1.82) is 0 Å². The number of anilines is 1. The van der Waals surface area contributed by atoms with Crippen molar-refractivity contribution in [1.82, 2.24) is 9.97 Å². The zero-order valence-corrected chi connectivity index (χ0v) is 16.1. The molecule has 0 bridgehead atoms. The second-order valence-corrected chi connectivity index (χ2v) is 7.46. The molecule has 0 aliphatic carbocycles. The maximum absolute atomic E-state index is 4.84. The number of fused-ring (bicyclic) bond motifs is 1. The summed E-state index contributed by atoms with van der Waals surface area (Å²) in [6.45, 7) is 9.24. The quantitative estimate of drug-likeness (QED) is 0.623. The van der Waals surface area contributed by atoms with Crippen LogP contribution in [0, 0.1) is 13.8 Å². The fourth-order valence-electron chi connectivity index (χ4n) is 2.84. The van der Waals surface area contributed by atoms with Gasteiger partial charge < -0.3 is 5.32 Å². The average Bonchev–Trinajstić information content (AvgIpc) is 2.53. The molecule has 3 rings (SSSR count). The lowest BCUT2D eigenvalue weighted by Crippen LogP contribution is -2.08. The van der Waals surface area contributed by atoms with Crippen molar-refractivity contribution >= 4 is 32.7 Å². The van der Waals surface area contributed by atoms with Crippen LogP contribution in [0.5, 0.6) is 0 Å². The first-order valence-electron chi connectivity index (χ1n) is 8.20. The van der Waals surface area contributed by atoms with Gasteiger partial charge in [-0.1, -0.05) is 35.8 Å². The lowest BCUT2D eigenvalue weighted by molar-refractivity contribution is 0.858. The Morgan fingerprint density at radius 1 is 1.12 bits per heavy atom. The van der Waals surface area contributed by atoms with Crippen LogP contribution in [0.4, 0.5) is 5.82 Å². The van der Waals surface area contributed by atoms with Gasteiger partial charge in [0.25, 0.3) is 0 Å². The molecule has 0 saturated heterocycles. The van der Waals surface area contributed by atoms with Gasteiger partial charge in [0.05, 0.1) is 17.8 Å². The van der Waals surface area contributed by atoms with Gasteiger partial charge in [0.1, 0.15) is 5.82 Å². The lowest BCUT2D eigenvalue weighted by atomic mass is 10.0. The van der Waals surface area contributed by atoms with E-state index in [1.807, 2.05) is 18.3 Å². The highest BCUT2D eigenvalue weighted by Crippen LogP contribution is 2.28. The van der Waals surface area contributed by atoms with Crippen LogP contribution in [0.1, 0.15) is 42.1 Å². The summed E-state index contributed by atoms with van der Waals surface area (Å²) in [7, 11) is 0. The molecule has 0 spiro atoms. The molecule has 0 fully saturated rings. The number of aromatic nitrogens is 2. The Hall–Kier alpha value is -1.94. The van der Waals surface area contributed by atoms with Crippen LogP contribution in [0.3, 0.4) is 0 Å². The molecule has 0 radical (unpaired) electrons. The molecule has 0 aliphatic heterocycles. The van der Waals surface area contributed by atoms with E-state index in [0.717, 1.165) is 26.9 Å². The van der Waals surface area contributed by atoms with Gasteiger partial charge in [-0.05, 0) is 60.7 Å². The summed E-state index contributed by atoms with van der Waals surface area (Å²) in [6, 6.07) is 10.6. The molecule has 4 heteroatoms. The average molecular weight is 384 g/mol. The van der Waals surface area contributed by atoms with Crippen molar-refractivity contribution < 1.29 is 0 Å². The first-order valence-corrected chi connectivity index (χ1v) is 8.99. The van der Waals surface area contributed by atoms with Crippen LogP contribution in [0.15, 0.2) is 41.0 Å². The van der Waals surface area contributed by atoms with Crippen molar-refractivity contribution in [3.05, 3.63) is 63.4 Å². The van der Waals surface area contributed by atoms with Crippen molar-refractivity contribution in [3.8, 4) is 0 Å². The summed E-state index contributed by atoms with van der Waals surface area (Å²) < 4.78 is 1.08. The number of nitrogens with one attached hydrogen (secondary N) is 1.